The molecule has 183 valence electrons. The molecule has 1 aliphatic heterocycles. The average molecular weight is 532 g/mol. The van der Waals surface area contributed by atoms with Crippen molar-refractivity contribution in [3.8, 4) is 28.8 Å². The Labute approximate surface area is 216 Å². The molecular weight excluding hydrogens is 505 g/mol. The Morgan fingerprint density at radius 1 is 1.06 bits per heavy atom. The number of aryl methyl sites for hydroxylation is 1. The summed E-state index contributed by atoms with van der Waals surface area (Å²) in [6.45, 7) is 5.09. The molecule has 0 unspecified atom stereocenters. The largest absolute Gasteiger partial charge is 0.297 e. The second-order valence-corrected chi connectivity index (χ2v) is 11.4. The molecule has 7 nitrogen and oxygen atoms in total. The molecule has 1 radical (unpaired) electrons. The predicted molar refractivity (Wildman–Crippen MR) is 133 cm³/mol. The number of nitrogens with zero attached hydrogens (tertiary/aromatic N) is 5. The number of pyridine rings is 1. The minimum absolute atomic E-state index is 0. The van der Waals surface area contributed by atoms with Gasteiger partial charge in [0.2, 0.25) is 0 Å². The second-order valence-electron chi connectivity index (χ2n) is 9.09. The number of hydrogen-bond donors (Lipinski definition) is 0. The van der Waals surface area contributed by atoms with E-state index in [1.807, 2.05) is 68.2 Å². The van der Waals surface area contributed by atoms with Crippen molar-refractivity contribution >= 4 is 20.9 Å². The van der Waals surface area contributed by atoms with Gasteiger partial charge in [0.15, 0.2) is 9.84 Å². The first-order valence-corrected chi connectivity index (χ1v) is 13.0. The summed E-state index contributed by atoms with van der Waals surface area (Å²) >= 11 is 0. The topological polar surface area (TPSA) is 73.0 Å². The van der Waals surface area contributed by atoms with Gasteiger partial charge < -0.3 is 0 Å². The van der Waals surface area contributed by atoms with Gasteiger partial charge in [0, 0.05) is 60.4 Å². The van der Waals surface area contributed by atoms with Crippen molar-refractivity contribution in [3.05, 3.63) is 66.6 Å². The molecule has 4 heterocycles. The molecular formula is C26H26CoN5O2S-. The zero-order chi connectivity index (χ0) is 23.9. The molecule has 1 fully saturated rings. The van der Waals surface area contributed by atoms with Crippen molar-refractivity contribution in [1.82, 2.24) is 24.2 Å². The first-order chi connectivity index (χ1) is 16.2. The average Bonchev–Trinajstić information content (AvgIpc) is 3.41. The quantitative estimate of drug-likeness (QED) is 0.300. The molecule has 4 aromatic rings. The molecule has 0 N–H and O–H groups in total. The molecule has 1 saturated heterocycles. The van der Waals surface area contributed by atoms with Crippen molar-refractivity contribution < 1.29 is 25.2 Å². The summed E-state index contributed by atoms with van der Waals surface area (Å²) in [5.74, 6) is 7.13. The Hall–Kier alpha value is -2.90. The van der Waals surface area contributed by atoms with Gasteiger partial charge in [0.1, 0.15) is 5.65 Å². The predicted octanol–water partition coefficient (Wildman–Crippen LogP) is 3.08. The van der Waals surface area contributed by atoms with Crippen LogP contribution in [0.1, 0.15) is 19.4 Å². The van der Waals surface area contributed by atoms with Gasteiger partial charge in [-0.2, -0.15) is 35.4 Å². The maximum Gasteiger partial charge on any atom is 0.152 e. The molecule has 0 spiro atoms. The van der Waals surface area contributed by atoms with Gasteiger partial charge >= 0.3 is 0 Å². The van der Waals surface area contributed by atoms with E-state index >= 15 is 0 Å². The summed E-state index contributed by atoms with van der Waals surface area (Å²) in [7, 11) is -1.05. The van der Waals surface area contributed by atoms with Gasteiger partial charge in [0.05, 0.1) is 34.5 Å². The third-order valence-corrected chi connectivity index (χ3v) is 7.88. The summed E-state index contributed by atoms with van der Waals surface area (Å²) in [4.78, 5) is 7.11. The van der Waals surface area contributed by atoms with Gasteiger partial charge in [-0.3, -0.25) is 14.1 Å². The molecule has 35 heavy (non-hydrogen) atoms. The maximum atomic E-state index is 11.8. The maximum absolute atomic E-state index is 11.8. The van der Waals surface area contributed by atoms with Crippen molar-refractivity contribution in [2.24, 2.45) is 7.05 Å². The van der Waals surface area contributed by atoms with E-state index in [9.17, 15) is 8.42 Å². The van der Waals surface area contributed by atoms with Crippen LogP contribution in [0.3, 0.4) is 0 Å². The Bertz CT molecular complexity index is 1510. The van der Waals surface area contributed by atoms with Crippen LogP contribution in [0.15, 0.2) is 55.0 Å². The van der Waals surface area contributed by atoms with E-state index in [0.29, 0.717) is 13.1 Å². The van der Waals surface area contributed by atoms with E-state index < -0.39 is 15.4 Å². The summed E-state index contributed by atoms with van der Waals surface area (Å²) in [6, 6.07) is 14.9. The molecule has 9 heteroatoms. The van der Waals surface area contributed by atoms with Gasteiger partial charge in [-0.05, 0) is 26.0 Å². The Kier molecular flexibility index (Phi) is 6.93. The fourth-order valence-corrected chi connectivity index (χ4v) is 5.42. The standard InChI is InChI=1S/C26H26N5O2S.Co/c1-26(2,30-13-15-34(32,33)16-14-30)12-11-21-18-31(22-17-27-29(3)19-22)25-23(21)9-10-24(28-25)20-7-5-4-6-8-20;/h5-10,17-19H,13-16H2,1-3H3;/q-1;. The van der Waals surface area contributed by atoms with Crippen LogP contribution in [0, 0.1) is 17.9 Å². The van der Waals surface area contributed by atoms with Crippen molar-refractivity contribution in [1.29, 1.82) is 0 Å². The van der Waals surface area contributed by atoms with E-state index in [4.69, 9.17) is 4.98 Å². The van der Waals surface area contributed by atoms with E-state index in [1.165, 1.54) is 0 Å². The van der Waals surface area contributed by atoms with E-state index in [-0.39, 0.29) is 28.3 Å². The molecule has 3 aromatic heterocycles. The molecule has 0 amide bonds. The molecule has 5 rings (SSSR count). The molecule has 0 saturated carbocycles. The summed E-state index contributed by atoms with van der Waals surface area (Å²) < 4.78 is 27.5. The van der Waals surface area contributed by atoms with E-state index in [0.717, 1.165) is 33.5 Å². The van der Waals surface area contributed by atoms with Crippen LogP contribution >= 0.6 is 0 Å². The first-order valence-electron chi connectivity index (χ1n) is 11.2. The van der Waals surface area contributed by atoms with Crippen LogP contribution in [0.5, 0.6) is 0 Å². The summed E-state index contributed by atoms with van der Waals surface area (Å²) in [6.07, 6.45) is 5.75. The number of benzene rings is 1. The fraction of sp³-hybridized carbons (Fsp3) is 0.308. The third kappa shape index (κ3) is 5.21. The first kappa shape index (κ1) is 25.2. The SMILES string of the molecule is Cn1cc(-n2cc(C#CC(C)(C)N3CCS(=O)(=O)CC3)c3ccc(-c4cc[c-]cc4)nc32)cn1.[Co]. The molecule has 1 aromatic carbocycles. The Morgan fingerprint density at radius 3 is 2.43 bits per heavy atom. The second kappa shape index (κ2) is 9.63. The van der Waals surface area contributed by atoms with Crippen LogP contribution in [0.4, 0.5) is 0 Å². The minimum atomic E-state index is -2.94. The molecule has 0 bridgehead atoms. The van der Waals surface area contributed by atoms with E-state index in [1.54, 1.807) is 10.9 Å². The number of hydrogen-bond acceptors (Lipinski definition) is 5. The number of aromatic nitrogens is 4. The van der Waals surface area contributed by atoms with Gasteiger partial charge in [0.25, 0.3) is 0 Å². The van der Waals surface area contributed by atoms with Crippen LogP contribution in [-0.4, -0.2) is 62.8 Å². The van der Waals surface area contributed by atoms with Crippen molar-refractivity contribution in [3.63, 3.8) is 0 Å². The van der Waals surface area contributed by atoms with Crippen LogP contribution in [0.25, 0.3) is 28.0 Å². The monoisotopic (exact) mass is 531 g/mol. The third-order valence-electron chi connectivity index (χ3n) is 6.27. The minimum Gasteiger partial charge on any atom is -0.297 e. The van der Waals surface area contributed by atoms with Crippen LogP contribution in [0.2, 0.25) is 0 Å². The van der Waals surface area contributed by atoms with Crippen LogP contribution < -0.4 is 0 Å². The van der Waals surface area contributed by atoms with E-state index in [2.05, 4.69) is 34.0 Å². The smallest absolute Gasteiger partial charge is 0.152 e. The van der Waals surface area contributed by atoms with Crippen molar-refractivity contribution in [2.75, 3.05) is 24.6 Å². The molecule has 1 aliphatic rings. The van der Waals surface area contributed by atoms with Crippen molar-refractivity contribution in [2.45, 2.75) is 19.4 Å². The molecule has 0 atom stereocenters. The summed E-state index contributed by atoms with van der Waals surface area (Å²) in [5.41, 5.74) is 4.04. The number of fused-ring (bicyclic) bond motifs is 1. The zero-order valence-electron chi connectivity index (χ0n) is 19.8. The Balaban J connectivity index is 0.00000289. The number of rotatable bonds is 3. The Morgan fingerprint density at radius 2 is 1.77 bits per heavy atom. The summed E-state index contributed by atoms with van der Waals surface area (Å²) in [5, 5.41) is 5.28. The normalized spacial score (nSPS) is 15.9. The zero-order valence-corrected chi connectivity index (χ0v) is 21.7. The fourth-order valence-electron chi connectivity index (χ4n) is 4.22. The van der Waals surface area contributed by atoms with Gasteiger partial charge in [-0.1, -0.05) is 11.8 Å². The van der Waals surface area contributed by atoms with Gasteiger partial charge in [-0.15, -0.1) is 5.56 Å². The molecule has 0 aliphatic carbocycles. The van der Waals surface area contributed by atoms with Crippen LogP contribution in [-0.2, 0) is 33.7 Å². The number of sulfone groups is 1. The van der Waals surface area contributed by atoms with Gasteiger partial charge in [-0.25, -0.2) is 13.4 Å².